The lowest BCUT2D eigenvalue weighted by atomic mass is 10.3. The smallest absolute Gasteiger partial charge is 0.240 e. The van der Waals surface area contributed by atoms with Crippen molar-refractivity contribution in [1.82, 2.24) is 9.71 Å². The van der Waals surface area contributed by atoms with Gasteiger partial charge in [-0.3, -0.25) is 0 Å². The van der Waals surface area contributed by atoms with Gasteiger partial charge in [-0.05, 0) is 31.2 Å². The average Bonchev–Trinajstić information content (AvgIpc) is 2.82. The summed E-state index contributed by atoms with van der Waals surface area (Å²) in [6.45, 7) is 1.82. The van der Waals surface area contributed by atoms with Crippen molar-refractivity contribution < 1.29 is 17.6 Å². The summed E-state index contributed by atoms with van der Waals surface area (Å²) in [5.74, 6) is 1.10. The van der Waals surface area contributed by atoms with Crippen LogP contribution in [0.15, 0.2) is 40.0 Å². The second-order valence-electron chi connectivity index (χ2n) is 3.86. The van der Waals surface area contributed by atoms with E-state index < -0.39 is 10.0 Å². The highest BCUT2D eigenvalue weighted by Crippen LogP contribution is 2.16. The quantitative estimate of drug-likeness (QED) is 0.898. The van der Waals surface area contributed by atoms with E-state index in [1.54, 1.807) is 19.1 Å². The fourth-order valence-electron chi connectivity index (χ4n) is 1.49. The van der Waals surface area contributed by atoms with Crippen LogP contribution in [-0.2, 0) is 16.6 Å². The molecular weight excluding hydrogens is 268 g/mol. The summed E-state index contributed by atoms with van der Waals surface area (Å²) < 4.78 is 36.6. The predicted molar refractivity (Wildman–Crippen MR) is 68.3 cm³/mol. The van der Waals surface area contributed by atoms with Gasteiger partial charge in [0, 0.05) is 0 Å². The molecule has 1 N–H and O–H groups in total. The molecule has 7 heteroatoms. The Kier molecular flexibility index (Phi) is 3.87. The molecule has 0 saturated carbocycles. The predicted octanol–water partition coefficient (Wildman–Crippen LogP) is 1.47. The first-order valence-corrected chi connectivity index (χ1v) is 7.04. The molecule has 0 aliphatic rings. The number of sulfonamides is 1. The van der Waals surface area contributed by atoms with Crippen molar-refractivity contribution in [3.05, 3.63) is 42.1 Å². The van der Waals surface area contributed by atoms with Crippen LogP contribution >= 0.6 is 0 Å². The molecule has 0 amide bonds. The normalized spacial score (nSPS) is 11.5. The number of nitrogens with zero attached hydrogens (tertiary/aromatic N) is 1. The average molecular weight is 282 g/mol. The van der Waals surface area contributed by atoms with Crippen LogP contribution < -0.4 is 9.46 Å². The lowest BCUT2D eigenvalue weighted by Crippen LogP contribution is -2.23. The van der Waals surface area contributed by atoms with Gasteiger partial charge in [0.25, 0.3) is 0 Å². The Bertz CT molecular complexity index is 647. The fraction of sp³-hybridized carbons (Fsp3) is 0.250. The third kappa shape index (κ3) is 3.12. The molecule has 0 saturated heterocycles. The maximum absolute atomic E-state index is 12.0. The van der Waals surface area contributed by atoms with Gasteiger partial charge in [-0.1, -0.05) is 0 Å². The van der Waals surface area contributed by atoms with Crippen LogP contribution in [0.4, 0.5) is 0 Å². The van der Waals surface area contributed by atoms with Crippen LogP contribution in [0.3, 0.4) is 0 Å². The molecule has 2 aromatic rings. The van der Waals surface area contributed by atoms with Crippen molar-refractivity contribution in [2.75, 3.05) is 7.11 Å². The van der Waals surface area contributed by atoms with Gasteiger partial charge in [0.2, 0.25) is 10.0 Å². The molecule has 0 fully saturated rings. The molecule has 19 heavy (non-hydrogen) atoms. The number of ether oxygens (including phenoxy) is 1. The number of hydrogen-bond acceptors (Lipinski definition) is 5. The van der Waals surface area contributed by atoms with Crippen LogP contribution in [0, 0.1) is 6.92 Å². The van der Waals surface area contributed by atoms with Gasteiger partial charge in [-0.15, -0.1) is 0 Å². The molecule has 0 bridgehead atoms. The lowest BCUT2D eigenvalue weighted by molar-refractivity contribution is 0.414. The first-order valence-electron chi connectivity index (χ1n) is 5.55. The molecule has 2 rings (SSSR count). The van der Waals surface area contributed by atoms with E-state index in [1.807, 2.05) is 0 Å². The number of nitrogens with one attached hydrogen (secondary N) is 1. The van der Waals surface area contributed by atoms with Crippen LogP contribution in [0.2, 0.25) is 0 Å². The second-order valence-corrected chi connectivity index (χ2v) is 5.63. The maximum atomic E-state index is 12.0. The second kappa shape index (κ2) is 5.41. The molecule has 1 aromatic carbocycles. The van der Waals surface area contributed by atoms with Crippen molar-refractivity contribution >= 4 is 10.0 Å². The third-order valence-electron chi connectivity index (χ3n) is 2.64. The number of benzene rings is 1. The van der Waals surface area contributed by atoms with Gasteiger partial charge in [0.15, 0.2) is 6.39 Å². The lowest BCUT2D eigenvalue weighted by Gasteiger charge is -2.06. The van der Waals surface area contributed by atoms with Crippen molar-refractivity contribution in [2.24, 2.45) is 0 Å². The van der Waals surface area contributed by atoms with Gasteiger partial charge < -0.3 is 9.15 Å². The van der Waals surface area contributed by atoms with E-state index >= 15 is 0 Å². The zero-order chi connectivity index (χ0) is 13.9. The SMILES string of the molecule is COc1ccc(S(=O)(=O)NCc2ocnc2C)cc1. The Hall–Kier alpha value is -1.86. The number of hydrogen-bond donors (Lipinski definition) is 1. The van der Waals surface area contributed by atoms with E-state index in [9.17, 15) is 8.42 Å². The van der Waals surface area contributed by atoms with E-state index in [0.717, 1.165) is 0 Å². The summed E-state index contributed by atoms with van der Waals surface area (Å²) in [5, 5.41) is 0. The Labute approximate surface area is 111 Å². The summed E-state index contributed by atoms with van der Waals surface area (Å²) in [5.41, 5.74) is 0.664. The number of methoxy groups -OCH3 is 1. The topological polar surface area (TPSA) is 81.4 Å². The first-order chi connectivity index (χ1) is 9.03. The van der Waals surface area contributed by atoms with E-state index in [2.05, 4.69) is 9.71 Å². The highest BCUT2D eigenvalue weighted by atomic mass is 32.2. The summed E-state index contributed by atoms with van der Waals surface area (Å²) in [4.78, 5) is 4.07. The van der Waals surface area contributed by atoms with E-state index in [4.69, 9.17) is 9.15 Å². The van der Waals surface area contributed by atoms with Crippen molar-refractivity contribution in [3.63, 3.8) is 0 Å². The van der Waals surface area contributed by atoms with Gasteiger partial charge >= 0.3 is 0 Å². The third-order valence-corrected chi connectivity index (χ3v) is 4.05. The molecule has 0 aliphatic carbocycles. The fourth-order valence-corrected chi connectivity index (χ4v) is 2.48. The molecule has 0 spiro atoms. The number of rotatable bonds is 5. The number of aryl methyl sites for hydroxylation is 1. The van der Waals surface area contributed by atoms with Crippen molar-refractivity contribution in [3.8, 4) is 5.75 Å². The van der Waals surface area contributed by atoms with Crippen LogP contribution in [0.1, 0.15) is 11.5 Å². The minimum Gasteiger partial charge on any atom is -0.497 e. The molecule has 0 radical (unpaired) electrons. The van der Waals surface area contributed by atoms with Crippen molar-refractivity contribution in [2.45, 2.75) is 18.4 Å². The largest absolute Gasteiger partial charge is 0.497 e. The molecule has 6 nitrogen and oxygen atoms in total. The van der Waals surface area contributed by atoms with Crippen molar-refractivity contribution in [1.29, 1.82) is 0 Å². The molecule has 0 aliphatic heterocycles. The molecular formula is C12H14N2O4S. The Morgan fingerprint density at radius 3 is 2.53 bits per heavy atom. The minimum absolute atomic E-state index is 0.0696. The van der Waals surface area contributed by atoms with Gasteiger partial charge in [-0.2, -0.15) is 0 Å². The zero-order valence-corrected chi connectivity index (χ0v) is 11.4. The highest BCUT2D eigenvalue weighted by molar-refractivity contribution is 7.89. The summed E-state index contributed by atoms with van der Waals surface area (Å²) in [7, 11) is -2.05. The van der Waals surface area contributed by atoms with Gasteiger partial charge in [0.1, 0.15) is 11.5 Å². The molecule has 1 aromatic heterocycles. The van der Waals surface area contributed by atoms with Crippen LogP contribution in [0.5, 0.6) is 5.75 Å². The zero-order valence-electron chi connectivity index (χ0n) is 10.6. The maximum Gasteiger partial charge on any atom is 0.240 e. The molecule has 102 valence electrons. The Balaban J connectivity index is 2.11. The first kappa shape index (κ1) is 13.6. The van der Waals surface area contributed by atoms with Gasteiger partial charge in [-0.25, -0.2) is 18.1 Å². The monoisotopic (exact) mass is 282 g/mol. The number of oxazole rings is 1. The van der Waals surface area contributed by atoms with Crippen LogP contribution in [-0.4, -0.2) is 20.5 Å². The summed E-state index contributed by atoms with van der Waals surface area (Å²) in [6, 6.07) is 6.14. The van der Waals surface area contributed by atoms with Crippen LogP contribution in [0.25, 0.3) is 0 Å². The van der Waals surface area contributed by atoms with E-state index in [-0.39, 0.29) is 11.4 Å². The summed E-state index contributed by atoms with van der Waals surface area (Å²) in [6.07, 6.45) is 1.28. The highest BCUT2D eigenvalue weighted by Gasteiger charge is 2.15. The molecule has 1 heterocycles. The molecule has 0 unspecified atom stereocenters. The Morgan fingerprint density at radius 1 is 1.32 bits per heavy atom. The van der Waals surface area contributed by atoms with E-state index in [0.29, 0.717) is 17.2 Å². The summed E-state index contributed by atoms with van der Waals surface area (Å²) >= 11 is 0. The standard InChI is InChI=1S/C12H14N2O4S/c1-9-12(18-8-13-9)7-14-19(15,16)11-5-3-10(17-2)4-6-11/h3-6,8,14H,7H2,1-2H3. The Morgan fingerprint density at radius 2 is 2.00 bits per heavy atom. The number of aromatic nitrogens is 1. The molecule has 0 atom stereocenters. The van der Waals surface area contributed by atoms with E-state index in [1.165, 1.54) is 25.6 Å². The van der Waals surface area contributed by atoms with Gasteiger partial charge in [0.05, 0.1) is 24.2 Å². The minimum atomic E-state index is -3.57.